The van der Waals surface area contributed by atoms with Gasteiger partial charge >= 0.3 is 0 Å². The first-order valence-electron chi connectivity index (χ1n) is 9.02. The second kappa shape index (κ2) is 7.63. The molecule has 0 aromatic heterocycles. The molecule has 148 valence electrons. The predicted molar refractivity (Wildman–Crippen MR) is 109 cm³/mol. The number of anilines is 3. The van der Waals surface area contributed by atoms with Crippen LogP contribution in [0.25, 0.3) is 0 Å². The number of amides is 2. The summed E-state index contributed by atoms with van der Waals surface area (Å²) in [4.78, 5) is 25.2. The van der Waals surface area contributed by atoms with E-state index in [0.29, 0.717) is 17.9 Å². The fraction of sp³-hybridized carbons (Fsp3) is 0.300. The van der Waals surface area contributed by atoms with Crippen LogP contribution < -0.4 is 14.9 Å². The minimum Gasteiger partial charge on any atom is -0.326 e. The maximum atomic E-state index is 12.7. The van der Waals surface area contributed by atoms with Crippen LogP contribution in [0.3, 0.4) is 0 Å². The van der Waals surface area contributed by atoms with Crippen LogP contribution in [0, 0.1) is 5.92 Å². The van der Waals surface area contributed by atoms with E-state index in [9.17, 15) is 18.0 Å². The zero-order valence-electron chi connectivity index (χ0n) is 16.0. The van der Waals surface area contributed by atoms with Crippen LogP contribution >= 0.6 is 0 Å². The molecule has 0 atom stereocenters. The Labute approximate surface area is 164 Å². The Morgan fingerprint density at radius 2 is 1.68 bits per heavy atom. The standard InChI is InChI=1S/C20H23N3O4S/c1-13(2)20(25)21-16-6-8-18(9-7-16)28(26,27)22-17-5-4-15-10-11-23(14(3)24)19(15)12-17/h4-9,12-13,22H,10-11H2,1-3H3,(H,21,25). The van der Waals surface area contributed by atoms with Crippen molar-refractivity contribution in [3.63, 3.8) is 0 Å². The molecule has 2 aromatic carbocycles. The van der Waals surface area contributed by atoms with Crippen molar-refractivity contribution >= 4 is 38.9 Å². The van der Waals surface area contributed by atoms with E-state index in [-0.39, 0.29) is 22.6 Å². The number of nitrogens with one attached hydrogen (secondary N) is 2. The number of nitrogens with zero attached hydrogens (tertiary/aromatic N) is 1. The van der Waals surface area contributed by atoms with Crippen LogP contribution in [-0.4, -0.2) is 26.8 Å². The van der Waals surface area contributed by atoms with Crippen LogP contribution in [0.2, 0.25) is 0 Å². The summed E-state index contributed by atoms with van der Waals surface area (Å²) in [5, 5.41) is 2.72. The van der Waals surface area contributed by atoms with E-state index in [1.165, 1.54) is 19.1 Å². The van der Waals surface area contributed by atoms with Crippen molar-refractivity contribution in [2.24, 2.45) is 5.92 Å². The highest BCUT2D eigenvalue weighted by atomic mass is 32.2. The highest BCUT2D eigenvalue weighted by molar-refractivity contribution is 7.92. The minimum atomic E-state index is -3.80. The van der Waals surface area contributed by atoms with Gasteiger partial charge in [0.15, 0.2) is 0 Å². The number of benzene rings is 2. The summed E-state index contributed by atoms with van der Waals surface area (Å²) in [6.45, 7) is 5.65. The van der Waals surface area contributed by atoms with Gasteiger partial charge in [0, 0.05) is 30.8 Å². The van der Waals surface area contributed by atoms with Gasteiger partial charge in [0.05, 0.1) is 10.6 Å². The van der Waals surface area contributed by atoms with Crippen molar-refractivity contribution in [2.45, 2.75) is 32.1 Å². The fourth-order valence-corrected chi connectivity index (χ4v) is 4.04. The lowest BCUT2D eigenvalue weighted by molar-refractivity contribution is -0.119. The van der Waals surface area contributed by atoms with Gasteiger partial charge in [-0.3, -0.25) is 14.3 Å². The van der Waals surface area contributed by atoms with E-state index in [2.05, 4.69) is 10.0 Å². The smallest absolute Gasteiger partial charge is 0.261 e. The Kier molecular flexibility index (Phi) is 5.42. The molecular formula is C20H23N3O4S. The predicted octanol–water partition coefficient (Wildman–Crippen LogP) is 2.99. The van der Waals surface area contributed by atoms with E-state index in [1.54, 1.807) is 43.0 Å². The maximum Gasteiger partial charge on any atom is 0.261 e. The SMILES string of the molecule is CC(=O)N1CCc2ccc(NS(=O)(=O)c3ccc(NC(=O)C(C)C)cc3)cc21. The first kappa shape index (κ1) is 19.9. The summed E-state index contributed by atoms with van der Waals surface area (Å²) in [7, 11) is -3.80. The zero-order chi connectivity index (χ0) is 20.5. The van der Waals surface area contributed by atoms with E-state index < -0.39 is 10.0 Å². The highest BCUT2D eigenvalue weighted by Gasteiger charge is 2.23. The van der Waals surface area contributed by atoms with Crippen LogP contribution in [0.4, 0.5) is 17.1 Å². The molecule has 8 heteroatoms. The Hall–Kier alpha value is -2.87. The van der Waals surface area contributed by atoms with E-state index in [1.807, 2.05) is 6.07 Å². The van der Waals surface area contributed by atoms with Crippen molar-refractivity contribution < 1.29 is 18.0 Å². The van der Waals surface area contributed by atoms with Crippen LogP contribution in [0.5, 0.6) is 0 Å². The molecule has 0 saturated carbocycles. The Morgan fingerprint density at radius 1 is 1.04 bits per heavy atom. The monoisotopic (exact) mass is 401 g/mol. The number of carbonyl (C=O) groups excluding carboxylic acids is 2. The van der Waals surface area contributed by atoms with E-state index >= 15 is 0 Å². The molecule has 2 aromatic rings. The van der Waals surface area contributed by atoms with Crippen molar-refractivity contribution in [2.75, 3.05) is 21.5 Å². The molecule has 1 aliphatic heterocycles. The highest BCUT2D eigenvalue weighted by Crippen LogP contribution is 2.31. The molecule has 2 amide bonds. The topological polar surface area (TPSA) is 95.6 Å². The van der Waals surface area contributed by atoms with Gasteiger partial charge in [-0.15, -0.1) is 0 Å². The molecule has 28 heavy (non-hydrogen) atoms. The summed E-state index contributed by atoms with van der Waals surface area (Å²) in [5.74, 6) is -0.376. The van der Waals surface area contributed by atoms with Crippen LogP contribution in [0.1, 0.15) is 26.3 Å². The minimum absolute atomic E-state index is 0.0715. The third kappa shape index (κ3) is 4.17. The van der Waals surface area contributed by atoms with E-state index in [4.69, 9.17) is 0 Å². The molecule has 1 aliphatic rings. The Balaban J connectivity index is 1.78. The van der Waals surface area contributed by atoms with Crippen LogP contribution in [-0.2, 0) is 26.0 Å². The Bertz CT molecular complexity index is 1010. The molecule has 0 radical (unpaired) electrons. The summed E-state index contributed by atoms with van der Waals surface area (Å²) in [6, 6.07) is 11.2. The lowest BCUT2D eigenvalue weighted by Crippen LogP contribution is -2.25. The number of rotatable bonds is 5. The van der Waals surface area contributed by atoms with Gasteiger partial charge in [0.25, 0.3) is 10.0 Å². The summed E-state index contributed by atoms with van der Waals surface area (Å²) in [6.07, 6.45) is 0.755. The van der Waals surface area contributed by atoms with Crippen molar-refractivity contribution in [3.8, 4) is 0 Å². The number of hydrogen-bond acceptors (Lipinski definition) is 4. The molecular weight excluding hydrogens is 378 g/mol. The molecule has 0 saturated heterocycles. The second-order valence-corrected chi connectivity index (χ2v) is 8.72. The van der Waals surface area contributed by atoms with E-state index in [0.717, 1.165) is 17.7 Å². The molecule has 1 heterocycles. The van der Waals surface area contributed by atoms with Gasteiger partial charge in [-0.2, -0.15) is 0 Å². The summed E-state index contributed by atoms with van der Waals surface area (Å²) in [5.41, 5.74) is 2.68. The van der Waals surface area contributed by atoms with Gasteiger partial charge in [0.2, 0.25) is 11.8 Å². The van der Waals surface area contributed by atoms with Gasteiger partial charge in [0.1, 0.15) is 0 Å². The molecule has 0 spiro atoms. The van der Waals surface area contributed by atoms with Gasteiger partial charge in [-0.25, -0.2) is 8.42 Å². The first-order chi connectivity index (χ1) is 13.2. The van der Waals surface area contributed by atoms with Gasteiger partial charge in [-0.05, 0) is 48.4 Å². The number of carbonyl (C=O) groups is 2. The third-order valence-corrected chi connectivity index (χ3v) is 5.97. The zero-order valence-corrected chi connectivity index (χ0v) is 16.8. The summed E-state index contributed by atoms with van der Waals surface area (Å²) >= 11 is 0. The van der Waals surface area contributed by atoms with Crippen molar-refractivity contribution in [3.05, 3.63) is 48.0 Å². The maximum absolute atomic E-state index is 12.7. The molecule has 0 fully saturated rings. The molecule has 2 N–H and O–H groups in total. The van der Waals surface area contributed by atoms with Crippen LogP contribution in [0.15, 0.2) is 47.4 Å². The normalized spacial score (nSPS) is 13.4. The molecule has 7 nitrogen and oxygen atoms in total. The van der Waals surface area contributed by atoms with Crippen molar-refractivity contribution in [1.29, 1.82) is 0 Å². The number of fused-ring (bicyclic) bond motifs is 1. The lowest BCUT2D eigenvalue weighted by atomic mass is 10.1. The molecule has 0 unspecified atom stereocenters. The van der Waals surface area contributed by atoms with Crippen molar-refractivity contribution in [1.82, 2.24) is 0 Å². The molecule has 3 rings (SSSR count). The summed E-state index contributed by atoms with van der Waals surface area (Å²) < 4.78 is 27.9. The number of sulfonamides is 1. The lowest BCUT2D eigenvalue weighted by Gasteiger charge is -2.16. The molecule has 0 bridgehead atoms. The quantitative estimate of drug-likeness (QED) is 0.805. The largest absolute Gasteiger partial charge is 0.326 e. The number of hydrogen-bond donors (Lipinski definition) is 2. The average molecular weight is 401 g/mol. The second-order valence-electron chi connectivity index (χ2n) is 7.04. The first-order valence-corrected chi connectivity index (χ1v) is 10.5. The Morgan fingerprint density at radius 3 is 2.29 bits per heavy atom. The molecule has 0 aliphatic carbocycles. The average Bonchev–Trinajstić information content (AvgIpc) is 3.05. The third-order valence-electron chi connectivity index (χ3n) is 4.57. The van der Waals surface area contributed by atoms with Gasteiger partial charge < -0.3 is 10.2 Å². The fourth-order valence-electron chi connectivity index (χ4n) is 2.99. The van der Waals surface area contributed by atoms with Gasteiger partial charge in [-0.1, -0.05) is 19.9 Å².